The molecule has 0 aliphatic heterocycles. The Hall–Kier alpha value is -0.340. The van der Waals surface area contributed by atoms with Crippen molar-refractivity contribution in [2.75, 3.05) is 6.54 Å². The quantitative estimate of drug-likeness (QED) is 0.743. The minimum absolute atomic E-state index is 0.675. The molecule has 1 nitrogen and oxygen atoms in total. The maximum absolute atomic E-state index is 3.86. The van der Waals surface area contributed by atoms with Gasteiger partial charge in [-0.3, -0.25) is 0 Å². The summed E-state index contributed by atoms with van der Waals surface area (Å²) in [7, 11) is 0. The molecule has 2 rings (SSSR count). The summed E-state index contributed by atoms with van der Waals surface area (Å²) in [6, 6.07) is 3.07. The summed E-state index contributed by atoms with van der Waals surface area (Å²) >= 11 is 1.97. The number of fused-ring (bicyclic) bond motifs is 1. The van der Waals surface area contributed by atoms with Crippen molar-refractivity contribution < 1.29 is 0 Å². The number of thiophene rings is 1. The molecule has 2 heteroatoms. The molecule has 0 aromatic carbocycles. The maximum atomic E-state index is 3.86. The van der Waals surface area contributed by atoms with Crippen LogP contribution in [0.3, 0.4) is 0 Å². The van der Waals surface area contributed by atoms with Crippen molar-refractivity contribution in [3.8, 4) is 0 Å². The average molecular weight is 279 g/mol. The van der Waals surface area contributed by atoms with Crippen LogP contribution in [0, 0.1) is 5.92 Å². The normalized spacial score (nSPS) is 21.9. The third-order valence-corrected chi connectivity index (χ3v) is 5.52. The third-order valence-electron chi connectivity index (χ3n) is 4.52. The first-order chi connectivity index (χ1) is 9.27. The van der Waals surface area contributed by atoms with Crippen molar-refractivity contribution in [2.45, 2.75) is 71.3 Å². The first-order valence-electron chi connectivity index (χ1n) is 8.07. The Morgan fingerprint density at radius 2 is 2.21 bits per heavy atom. The van der Waals surface area contributed by atoms with Gasteiger partial charge in [-0.15, -0.1) is 11.3 Å². The molecule has 3 atom stereocenters. The van der Waals surface area contributed by atoms with Crippen LogP contribution in [-0.2, 0) is 6.42 Å². The summed E-state index contributed by atoms with van der Waals surface area (Å²) in [6.07, 6.45) is 7.94. The SMILES string of the molecule is CCCNC(C(C)CCC)C1CCCc2sccc21. The van der Waals surface area contributed by atoms with Gasteiger partial charge in [-0.2, -0.15) is 0 Å². The minimum atomic E-state index is 0.675. The predicted octanol–water partition coefficient (Wildman–Crippen LogP) is 4.97. The van der Waals surface area contributed by atoms with E-state index in [4.69, 9.17) is 0 Å². The van der Waals surface area contributed by atoms with Gasteiger partial charge in [0.25, 0.3) is 0 Å². The molecule has 1 aliphatic rings. The minimum Gasteiger partial charge on any atom is -0.313 e. The zero-order valence-electron chi connectivity index (χ0n) is 12.7. The molecule has 0 radical (unpaired) electrons. The standard InChI is InChI=1S/C17H29NS/c1-4-7-13(3)17(18-11-5-2)15-8-6-9-16-14(15)10-12-19-16/h10,12-13,15,17-18H,4-9,11H2,1-3H3. The lowest BCUT2D eigenvalue weighted by Crippen LogP contribution is -2.41. The Kier molecular flexibility index (Phi) is 5.90. The third kappa shape index (κ3) is 3.61. The maximum Gasteiger partial charge on any atom is 0.0162 e. The lowest BCUT2D eigenvalue weighted by molar-refractivity contribution is 0.289. The lowest BCUT2D eigenvalue weighted by Gasteiger charge is -2.35. The zero-order chi connectivity index (χ0) is 13.7. The van der Waals surface area contributed by atoms with Gasteiger partial charge in [-0.25, -0.2) is 0 Å². The smallest absolute Gasteiger partial charge is 0.0162 e. The molecule has 0 fully saturated rings. The number of hydrogen-bond acceptors (Lipinski definition) is 2. The highest BCUT2D eigenvalue weighted by Gasteiger charge is 2.31. The predicted molar refractivity (Wildman–Crippen MR) is 86.2 cm³/mol. The van der Waals surface area contributed by atoms with Gasteiger partial charge in [0.15, 0.2) is 0 Å². The Balaban J connectivity index is 2.14. The molecular weight excluding hydrogens is 250 g/mol. The van der Waals surface area contributed by atoms with E-state index < -0.39 is 0 Å². The van der Waals surface area contributed by atoms with Gasteiger partial charge in [-0.05, 0) is 61.6 Å². The van der Waals surface area contributed by atoms with Crippen molar-refractivity contribution in [3.05, 3.63) is 21.9 Å². The molecule has 0 saturated heterocycles. The van der Waals surface area contributed by atoms with Crippen molar-refractivity contribution in [3.63, 3.8) is 0 Å². The first-order valence-corrected chi connectivity index (χ1v) is 8.95. The molecule has 0 amide bonds. The van der Waals surface area contributed by atoms with E-state index in [0.717, 1.165) is 18.4 Å². The number of aryl methyl sites for hydroxylation is 1. The van der Waals surface area contributed by atoms with Crippen LogP contribution in [0.25, 0.3) is 0 Å². The van der Waals surface area contributed by atoms with E-state index >= 15 is 0 Å². The molecule has 1 aromatic heterocycles. The lowest BCUT2D eigenvalue weighted by atomic mass is 9.77. The molecule has 0 saturated carbocycles. The monoisotopic (exact) mass is 279 g/mol. The second kappa shape index (κ2) is 7.44. The summed E-state index contributed by atoms with van der Waals surface area (Å²) in [4.78, 5) is 1.66. The number of hydrogen-bond donors (Lipinski definition) is 1. The summed E-state index contributed by atoms with van der Waals surface area (Å²) < 4.78 is 0. The topological polar surface area (TPSA) is 12.0 Å². The van der Waals surface area contributed by atoms with Crippen LogP contribution in [0.4, 0.5) is 0 Å². The highest BCUT2D eigenvalue weighted by atomic mass is 32.1. The molecule has 1 aromatic rings. The van der Waals surface area contributed by atoms with Crippen LogP contribution in [0.5, 0.6) is 0 Å². The highest BCUT2D eigenvalue weighted by Crippen LogP contribution is 2.39. The second-order valence-corrected chi connectivity index (χ2v) is 7.04. The Labute approximate surface area is 122 Å². The largest absolute Gasteiger partial charge is 0.313 e. The van der Waals surface area contributed by atoms with Crippen LogP contribution in [-0.4, -0.2) is 12.6 Å². The summed E-state index contributed by atoms with van der Waals surface area (Å²) in [5, 5.41) is 6.16. The molecule has 108 valence electrons. The Bertz CT molecular complexity index is 371. The highest BCUT2D eigenvalue weighted by molar-refractivity contribution is 7.10. The zero-order valence-corrected chi connectivity index (χ0v) is 13.6. The number of rotatable bonds is 7. The van der Waals surface area contributed by atoms with Gasteiger partial charge in [0.05, 0.1) is 0 Å². The van der Waals surface area contributed by atoms with Crippen LogP contribution in [0.1, 0.15) is 69.2 Å². The van der Waals surface area contributed by atoms with E-state index in [1.165, 1.54) is 38.5 Å². The van der Waals surface area contributed by atoms with Crippen molar-refractivity contribution >= 4 is 11.3 Å². The van der Waals surface area contributed by atoms with Gasteiger partial charge < -0.3 is 5.32 Å². The van der Waals surface area contributed by atoms with Crippen LogP contribution >= 0.6 is 11.3 Å². The molecule has 19 heavy (non-hydrogen) atoms. The van der Waals surface area contributed by atoms with E-state index in [1.807, 2.05) is 11.3 Å². The van der Waals surface area contributed by atoms with E-state index in [2.05, 4.69) is 37.5 Å². The van der Waals surface area contributed by atoms with E-state index in [9.17, 15) is 0 Å². The van der Waals surface area contributed by atoms with Gasteiger partial charge in [0, 0.05) is 16.8 Å². The number of nitrogens with one attached hydrogen (secondary N) is 1. The Morgan fingerprint density at radius 3 is 2.95 bits per heavy atom. The van der Waals surface area contributed by atoms with Gasteiger partial charge in [-0.1, -0.05) is 27.2 Å². The second-order valence-electron chi connectivity index (χ2n) is 6.04. The fraction of sp³-hybridized carbons (Fsp3) is 0.765. The molecule has 0 bridgehead atoms. The van der Waals surface area contributed by atoms with Crippen molar-refractivity contribution in [1.29, 1.82) is 0 Å². The van der Waals surface area contributed by atoms with Gasteiger partial charge in [0.1, 0.15) is 0 Å². The molecule has 1 aliphatic carbocycles. The van der Waals surface area contributed by atoms with E-state index in [0.29, 0.717) is 6.04 Å². The summed E-state index contributed by atoms with van der Waals surface area (Å²) in [5.74, 6) is 1.54. The molecular formula is C17H29NS. The Morgan fingerprint density at radius 1 is 1.37 bits per heavy atom. The molecule has 0 spiro atoms. The fourth-order valence-electron chi connectivity index (χ4n) is 3.58. The van der Waals surface area contributed by atoms with Gasteiger partial charge in [0.2, 0.25) is 0 Å². The van der Waals surface area contributed by atoms with Crippen molar-refractivity contribution in [2.24, 2.45) is 5.92 Å². The average Bonchev–Trinajstić information content (AvgIpc) is 2.88. The van der Waals surface area contributed by atoms with Crippen LogP contribution in [0.2, 0.25) is 0 Å². The van der Waals surface area contributed by atoms with E-state index in [-0.39, 0.29) is 0 Å². The summed E-state index contributed by atoms with van der Waals surface area (Å²) in [5.41, 5.74) is 1.66. The summed E-state index contributed by atoms with van der Waals surface area (Å²) in [6.45, 7) is 8.18. The van der Waals surface area contributed by atoms with Crippen LogP contribution in [0.15, 0.2) is 11.4 Å². The van der Waals surface area contributed by atoms with Gasteiger partial charge >= 0.3 is 0 Å². The van der Waals surface area contributed by atoms with Crippen LogP contribution < -0.4 is 5.32 Å². The van der Waals surface area contributed by atoms with E-state index in [1.54, 1.807) is 10.4 Å². The first kappa shape index (κ1) is 15.1. The van der Waals surface area contributed by atoms with Crippen molar-refractivity contribution in [1.82, 2.24) is 5.32 Å². The molecule has 1 heterocycles. The molecule has 3 unspecified atom stereocenters. The fourth-order valence-corrected chi connectivity index (χ4v) is 4.58. The molecule has 1 N–H and O–H groups in total.